The number of hydrogen-bond acceptors (Lipinski definition) is 5. The van der Waals surface area contributed by atoms with Gasteiger partial charge < -0.3 is 13.9 Å². The normalized spacial score (nSPS) is 11.1. The second-order valence-electron chi connectivity index (χ2n) is 8.20. The van der Waals surface area contributed by atoms with Crippen LogP contribution in [0, 0.1) is 0 Å². The summed E-state index contributed by atoms with van der Waals surface area (Å²) in [6.45, 7) is 0. The molecule has 0 fully saturated rings. The van der Waals surface area contributed by atoms with Crippen LogP contribution in [-0.2, 0) is 0 Å². The lowest BCUT2D eigenvalue weighted by Gasteiger charge is -2.07. The molecule has 0 aliphatic heterocycles. The number of fused-ring (bicyclic) bond motifs is 1. The third kappa shape index (κ3) is 5.32. The maximum absolute atomic E-state index is 13.5. The number of ketones is 1. The number of carbonyl (C=O) groups is 2. The monoisotopic (exact) mass is 508 g/mol. The van der Waals surface area contributed by atoms with Crippen LogP contribution in [0.15, 0.2) is 108 Å². The molecule has 1 aromatic heterocycles. The minimum atomic E-state index is -0.566. The van der Waals surface area contributed by atoms with Gasteiger partial charge in [0.15, 0.2) is 5.78 Å². The Morgan fingerprint density at radius 2 is 1.62 bits per heavy atom. The van der Waals surface area contributed by atoms with E-state index in [2.05, 4.69) is 0 Å². The maximum atomic E-state index is 13.5. The van der Waals surface area contributed by atoms with Crippen molar-refractivity contribution in [1.29, 1.82) is 0 Å². The fourth-order valence-electron chi connectivity index (χ4n) is 3.92. The summed E-state index contributed by atoms with van der Waals surface area (Å²) in [7, 11) is 1.56. The molecule has 0 saturated heterocycles. The van der Waals surface area contributed by atoms with Crippen molar-refractivity contribution in [1.82, 2.24) is 0 Å². The Labute approximate surface area is 218 Å². The first-order valence-electron chi connectivity index (χ1n) is 11.5. The number of halogens is 1. The molecule has 0 aliphatic rings. The molecule has 0 saturated carbocycles. The van der Waals surface area contributed by atoms with Crippen molar-refractivity contribution in [2.24, 2.45) is 0 Å². The molecule has 5 rings (SSSR count). The Morgan fingerprint density at radius 1 is 0.838 bits per heavy atom. The van der Waals surface area contributed by atoms with Crippen molar-refractivity contribution in [3.8, 4) is 22.8 Å². The Bertz CT molecular complexity index is 1620. The van der Waals surface area contributed by atoms with Gasteiger partial charge in [-0.25, -0.2) is 4.79 Å². The summed E-state index contributed by atoms with van der Waals surface area (Å²) in [5.41, 5.74) is 2.83. The van der Waals surface area contributed by atoms with E-state index >= 15 is 0 Å². The van der Waals surface area contributed by atoms with Crippen molar-refractivity contribution in [3.05, 3.63) is 125 Å². The van der Waals surface area contributed by atoms with Gasteiger partial charge in [0.2, 0.25) is 0 Å². The Kier molecular flexibility index (Phi) is 6.88. The van der Waals surface area contributed by atoms with E-state index in [0.717, 1.165) is 5.56 Å². The van der Waals surface area contributed by atoms with E-state index in [1.807, 2.05) is 36.4 Å². The van der Waals surface area contributed by atoms with Crippen molar-refractivity contribution >= 4 is 40.4 Å². The van der Waals surface area contributed by atoms with Crippen molar-refractivity contribution < 1.29 is 23.5 Å². The van der Waals surface area contributed by atoms with Crippen LogP contribution in [-0.4, -0.2) is 18.9 Å². The van der Waals surface area contributed by atoms with Crippen LogP contribution < -0.4 is 9.47 Å². The summed E-state index contributed by atoms with van der Waals surface area (Å²) < 4.78 is 17.2. The Balaban J connectivity index is 1.44. The van der Waals surface area contributed by atoms with Gasteiger partial charge in [-0.2, -0.15) is 0 Å². The number of benzene rings is 4. The molecule has 4 aromatic carbocycles. The minimum absolute atomic E-state index is 0.162. The van der Waals surface area contributed by atoms with Crippen molar-refractivity contribution in [2.75, 3.05) is 7.11 Å². The molecule has 0 bridgehead atoms. The average molecular weight is 509 g/mol. The second kappa shape index (κ2) is 10.6. The number of furan rings is 1. The summed E-state index contributed by atoms with van der Waals surface area (Å²) in [5, 5.41) is 1.15. The number of methoxy groups -OCH3 is 1. The van der Waals surface area contributed by atoms with E-state index in [1.165, 1.54) is 6.08 Å². The van der Waals surface area contributed by atoms with E-state index < -0.39 is 5.97 Å². The summed E-state index contributed by atoms with van der Waals surface area (Å²) in [6.07, 6.45) is 3.13. The number of ether oxygens (including phenoxy) is 2. The first kappa shape index (κ1) is 24.1. The molecule has 182 valence electrons. The first-order valence-corrected chi connectivity index (χ1v) is 11.9. The first-order chi connectivity index (χ1) is 18.0. The zero-order valence-corrected chi connectivity index (χ0v) is 20.6. The molecule has 0 aliphatic carbocycles. The third-order valence-electron chi connectivity index (χ3n) is 5.76. The molecular formula is C31H21ClO5. The molecule has 0 N–H and O–H groups in total. The molecule has 37 heavy (non-hydrogen) atoms. The highest BCUT2D eigenvalue weighted by atomic mass is 35.5. The summed E-state index contributed by atoms with van der Waals surface area (Å²) >= 11 is 5.89. The van der Waals surface area contributed by atoms with Gasteiger partial charge in [-0.1, -0.05) is 60.1 Å². The number of carbonyl (C=O) groups excluding carboxylic acids is 2. The van der Waals surface area contributed by atoms with Crippen LogP contribution >= 0.6 is 11.6 Å². The lowest BCUT2D eigenvalue weighted by molar-refractivity contribution is 0.0736. The maximum Gasteiger partial charge on any atom is 0.348 e. The summed E-state index contributed by atoms with van der Waals surface area (Å²) in [4.78, 5) is 25.9. The van der Waals surface area contributed by atoms with Gasteiger partial charge in [-0.15, -0.1) is 0 Å². The van der Waals surface area contributed by atoms with E-state index in [9.17, 15) is 9.59 Å². The zero-order chi connectivity index (χ0) is 25.8. The van der Waals surface area contributed by atoms with Crippen LogP contribution in [0.1, 0.15) is 26.3 Å². The van der Waals surface area contributed by atoms with Gasteiger partial charge in [0.25, 0.3) is 0 Å². The molecule has 0 spiro atoms. The van der Waals surface area contributed by atoms with E-state index in [0.29, 0.717) is 49.9 Å². The van der Waals surface area contributed by atoms with Crippen molar-refractivity contribution in [2.45, 2.75) is 0 Å². The standard InChI is InChI=1S/C31H21ClO5/c1-35-24-15-17-28-26(19-24)29(30(37-28)22-7-3-2-4-8-22)31(34)36-25-9-5-6-20(18-25)10-16-27(33)21-11-13-23(32)14-12-21/h2-19H,1H3/b16-10+. The molecular weight excluding hydrogens is 488 g/mol. The van der Waals surface area contributed by atoms with Crippen molar-refractivity contribution in [3.63, 3.8) is 0 Å². The molecule has 0 amide bonds. The van der Waals surface area contributed by atoms with Gasteiger partial charge >= 0.3 is 5.97 Å². The van der Waals surface area contributed by atoms with Crippen LogP contribution in [0.2, 0.25) is 5.02 Å². The Hall–Kier alpha value is -4.61. The largest absolute Gasteiger partial charge is 0.497 e. The van der Waals surface area contributed by atoms with Crippen LogP contribution in [0.4, 0.5) is 0 Å². The predicted octanol–water partition coefficient (Wildman–Crippen LogP) is 7.88. The van der Waals surface area contributed by atoms with E-state index in [1.54, 1.807) is 73.8 Å². The highest BCUT2D eigenvalue weighted by molar-refractivity contribution is 6.30. The molecule has 5 aromatic rings. The van der Waals surface area contributed by atoms with E-state index in [-0.39, 0.29) is 5.78 Å². The fraction of sp³-hybridized carbons (Fsp3) is 0.0323. The summed E-state index contributed by atoms with van der Waals surface area (Å²) in [6, 6.07) is 28.3. The second-order valence-corrected chi connectivity index (χ2v) is 8.64. The lowest BCUT2D eigenvalue weighted by atomic mass is 10.1. The Morgan fingerprint density at radius 3 is 2.38 bits per heavy atom. The van der Waals surface area contributed by atoms with Gasteiger partial charge in [0.05, 0.1) is 7.11 Å². The van der Waals surface area contributed by atoms with Gasteiger partial charge in [-0.3, -0.25) is 4.79 Å². The van der Waals surface area contributed by atoms with Crippen LogP contribution in [0.3, 0.4) is 0 Å². The quantitative estimate of drug-likeness (QED) is 0.0968. The zero-order valence-electron chi connectivity index (χ0n) is 19.8. The van der Waals surface area contributed by atoms with Crippen LogP contribution in [0.5, 0.6) is 11.5 Å². The number of allylic oxidation sites excluding steroid dienone is 1. The van der Waals surface area contributed by atoms with Gasteiger partial charge in [0.1, 0.15) is 28.4 Å². The topological polar surface area (TPSA) is 65.7 Å². The highest BCUT2D eigenvalue weighted by Crippen LogP contribution is 2.36. The highest BCUT2D eigenvalue weighted by Gasteiger charge is 2.24. The third-order valence-corrected chi connectivity index (χ3v) is 6.01. The lowest BCUT2D eigenvalue weighted by Crippen LogP contribution is -2.09. The molecule has 5 nitrogen and oxygen atoms in total. The SMILES string of the molecule is COc1ccc2oc(-c3ccccc3)c(C(=O)Oc3cccc(/C=C/C(=O)c4ccc(Cl)cc4)c3)c2c1. The molecule has 1 heterocycles. The summed E-state index contributed by atoms with van der Waals surface area (Å²) in [5.74, 6) is 0.620. The smallest absolute Gasteiger partial charge is 0.348 e. The number of esters is 1. The minimum Gasteiger partial charge on any atom is -0.497 e. The van der Waals surface area contributed by atoms with Gasteiger partial charge in [0, 0.05) is 21.5 Å². The number of hydrogen-bond donors (Lipinski definition) is 0. The van der Waals surface area contributed by atoms with Gasteiger partial charge in [-0.05, 0) is 66.2 Å². The average Bonchev–Trinajstić information content (AvgIpc) is 3.32. The van der Waals surface area contributed by atoms with Crippen LogP contribution in [0.25, 0.3) is 28.4 Å². The molecule has 0 unspecified atom stereocenters. The molecule has 0 radical (unpaired) electrons. The molecule has 0 atom stereocenters. The van der Waals surface area contributed by atoms with E-state index in [4.69, 9.17) is 25.5 Å². The number of rotatable bonds is 7. The molecule has 6 heteroatoms. The predicted molar refractivity (Wildman–Crippen MR) is 144 cm³/mol. The fourth-order valence-corrected chi connectivity index (χ4v) is 4.05.